The second kappa shape index (κ2) is 8.79. The maximum atomic E-state index is 12.6. The number of benzene rings is 1. The number of carbonyl (C=O) groups is 1. The van der Waals surface area contributed by atoms with Crippen LogP contribution in [0.1, 0.15) is 12.5 Å². The van der Waals surface area contributed by atoms with Gasteiger partial charge in [-0.2, -0.15) is 8.78 Å². The van der Waals surface area contributed by atoms with E-state index < -0.39 is 12.5 Å². The van der Waals surface area contributed by atoms with E-state index in [1.54, 1.807) is 12.1 Å². The zero-order valence-electron chi connectivity index (χ0n) is 11.9. The molecule has 0 unspecified atom stereocenters. The molecule has 0 saturated carbocycles. The third kappa shape index (κ3) is 4.82. The Morgan fingerprint density at radius 2 is 2.14 bits per heavy atom. The highest BCUT2D eigenvalue weighted by Crippen LogP contribution is 2.34. The van der Waals surface area contributed by atoms with Crippen molar-refractivity contribution < 1.29 is 23.0 Å². The van der Waals surface area contributed by atoms with Crippen molar-refractivity contribution in [1.29, 1.82) is 0 Å². The van der Waals surface area contributed by atoms with E-state index in [2.05, 4.69) is 4.74 Å². The summed E-state index contributed by atoms with van der Waals surface area (Å²) in [7, 11) is 1.49. The Bertz CT molecular complexity index is 472. The molecule has 0 aromatic heterocycles. The largest absolute Gasteiger partial charge is 0.433 e. The lowest BCUT2D eigenvalue weighted by molar-refractivity contribution is -0.116. The molecule has 0 fully saturated rings. The third-order valence-corrected chi connectivity index (χ3v) is 3.11. The highest BCUT2D eigenvalue weighted by molar-refractivity contribution is 6.29. The second-order valence-electron chi connectivity index (χ2n) is 4.17. The SMILES string of the molecule is CCc1cccc(OC(F)F)c1N(CCOC)C(=O)CCl. The van der Waals surface area contributed by atoms with Gasteiger partial charge in [0.15, 0.2) is 0 Å². The number of aryl methyl sites for hydroxylation is 1. The third-order valence-electron chi connectivity index (χ3n) is 2.88. The van der Waals surface area contributed by atoms with Gasteiger partial charge in [0, 0.05) is 13.7 Å². The number of methoxy groups -OCH3 is 1. The molecule has 0 atom stereocenters. The molecule has 0 N–H and O–H groups in total. The molecule has 1 aromatic carbocycles. The van der Waals surface area contributed by atoms with E-state index in [1.165, 1.54) is 18.1 Å². The van der Waals surface area contributed by atoms with Crippen LogP contribution in [-0.4, -0.2) is 38.7 Å². The highest BCUT2D eigenvalue weighted by Gasteiger charge is 2.23. The van der Waals surface area contributed by atoms with E-state index in [0.717, 1.165) is 5.56 Å². The summed E-state index contributed by atoms with van der Waals surface area (Å²) >= 11 is 5.61. The van der Waals surface area contributed by atoms with E-state index in [0.29, 0.717) is 12.1 Å². The Balaban J connectivity index is 3.27. The van der Waals surface area contributed by atoms with Crippen LogP contribution in [0.2, 0.25) is 0 Å². The van der Waals surface area contributed by atoms with Crippen molar-refractivity contribution >= 4 is 23.2 Å². The number of hydrogen-bond donors (Lipinski definition) is 0. The highest BCUT2D eigenvalue weighted by atomic mass is 35.5. The van der Waals surface area contributed by atoms with Crippen molar-refractivity contribution in [1.82, 2.24) is 0 Å². The number of carbonyl (C=O) groups excluding carboxylic acids is 1. The van der Waals surface area contributed by atoms with Gasteiger partial charge < -0.3 is 14.4 Å². The zero-order chi connectivity index (χ0) is 15.8. The lowest BCUT2D eigenvalue weighted by atomic mass is 10.1. The first-order valence-corrected chi connectivity index (χ1v) is 7.00. The fourth-order valence-electron chi connectivity index (χ4n) is 1.97. The van der Waals surface area contributed by atoms with Gasteiger partial charge >= 0.3 is 6.61 Å². The van der Waals surface area contributed by atoms with Gasteiger partial charge in [0.25, 0.3) is 0 Å². The first kappa shape index (κ1) is 17.7. The van der Waals surface area contributed by atoms with Crippen molar-refractivity contribution in [3.05, 3.63) is 23.8 Å². The van der Waals surface area contributed by atoms with E-state index in [1.807, 2.05) is 6.92 Å². The summed E-state index contributed by atoms with van der Waals surface area (Å²) in [6.45, 7) is -0.635. The Labute approximate surface area is 127 Å². The molecule has 0 aliphatic rings. The lowest BCUT2D eigenvalue weighted by Gasteiger charge is -2.26. The van der Waals surface area contributed by atoms with Gasteiger partial charge in [0.05, 0.1) is 12.3 Å². The molecule has 0 heterocycles. The lowest BCUT2D eigenvalue weighted by Crippen LogP contribution is -2.36. The maximum absolute atomic E-state index is 12.6. The van der Waals surface area contributed by atoms with Crippen LogP contribution in [-0.2, 0) is 16.0 Å². The molecule has 4 nitrogen and oxygen atoms in total. The number of para-hydroxylation sites is 1. The average Bonchev–Trinajstić information content (AvgIpc) is 2.47. The first-order valence-electron chi connectivity index (χ1n) is 6.47. The summed E-state index contributed by atoms with van der Waals surface area (Å²) in [5.41, 5.74) is 1.05. The normalized spacial score (nSPS) is 10.8. The molecule has 118 valence electrons. The van der Waals surface area contributed by atoms with Gasteiger partial charge in [0.2, 0.25) is 5.91 Å². The molecule has 1 rings (SSSR count). The average molecular weight is 322 g/mol. The van der Waals surface area contributed by atoms with Gasteiger partial charge in [-0.1, -0.05) is 19.1 Å². The van der Waals surface area contributed by atoms with Crippen molar-refractivity contribution in [2.75, 3.05) is 31.0 Å². The smallest absolute Gasteiger partial charge is 0.387 e. The van der Waals surface area contributed by atoms with E-state index in [-0.39, 0.29) is 24.8 Å². The summed E-state index contributed by atoms with van der Waals surface area (Å²) < 4.78 is 34.6. The standard InChI is InChI=1S/C14H18ClF2NO3/c1-3-10-5-4-6-11(21-14(16)17)13(10)18(7-8-20-2)12(19)9-15/h4-6,14H,3,7-9H2,1-2H3. The Morgan fingerprint density at radius 1 is 1.43 bits per heavy atom. The fraction of sp³-hybridized carbons (Fsp3) is 0.500. The molecule has 0 aliphatic carbocycles. The van der Waals surface area contributed by atoms with E-state index in [9.17, 15) is 13.6 Å². The molecular weight excluding hydrogens is 304 g/mol. The molecule has 1 aromatic rings. The number of ether oxygens (including phenoxy) is 2. The van der Waals surface area contributed by atoms with Crippen LogP contribution in [0.25, 0.3) is 0 Å². The quantitative estimate of drug-likeness (QED) is 0.691. The minimum absolute atomic E-state index is 0.0427. The van der Waals surface area contributed by atoms with Gasteiger partial charge in [-0.05, 0) is 18.1 Å². The number of hydrogen-bond acceptors (Lipinski definition) is 3. The van der Waals surface area contributed by atoms with Gasteiger partial charge in [-0.25, -0.2) is 0 Å². The Hall–Kier alpha value is -1.40. The fourth-order valence-corrected chi connectivity index (χ4v) is 2.11. The molecule has 0 saturated heterocycles. The summed E-state index contributed by atoms with van der Waals surface area (Å²) in [6, 6.07) is 4.77. The number of rotatable bonds is 8. The number of anilines is 1. The molecular formula is C14H18ClF2NO3. The van der Waals surface area contributed by atoms with Crippen LogP contribution in [0.4, 0.5) is 14.5 Å². The summed E-state index contributed by atoms with van der Waals surface area (Å²) in [4.78, 5) is 13.3. The number of halogens is 3. The van der Waals surface area contributed by atoms with Crippen LogP contribution >= 0.6 is 11.6 Å². The molecule has 21 heavy (non-hydrogen) atoms. The molecule has 0 spiro atoms. The maximum Gasteiger partial charge on any atom is 0.387 e. The van der Waals surface area contributed by atoms with Crippen molar-refractivity contribution in [3.8, 4) is 5.75 Å². The van der Waals surface area contributed by atoms with Gasteiger partial charge in [-0.15, -0.1) is 11.6 Å². The number of amides is 1. The van der Waals surface area contributed by atoms with Crippen LogP contribution in [0.5, 0.6) is 5.75 Å². The van der Waals surface area contributed by atoms with Crippen molar-refractivity contribution in [2.45, 2.75) is 20.0 Å². The predicted octanol–water partition coefficient (Wildman–Crippen LogP) is 3.07. The zero-order valence-corrected chi connectivity index (χ0v) is 12.7. The minimum atomic E-state index is -2.97. The molecule has 0 bridgehead atoms. The van der Waals surface area contributed by atoms with Gasteiger partial charge in [-0.3, -0.25) is 4.79 Å². The van der Waals surface area contributed by atoms with Crippen LogP contribution < -0.4 is 9.64 Å². The van der Waals surface area contributed by atoms with Crippen LogP contribution in [0.15, 0.2) is 18.2 Å². The number of nitrogens with zero attached hydrogens (tertiary/aromatic N) is 1. The summed E-state index contributed by atoms with van der Waals surface area (Å²) in [5.74, 6) is -0.691. The van der Waals surface area contributed by atoms with Crippen molar-refractivity contribution in [3.63, 3.8) is 0 Å². The minimum Gasteiger partial charge on any atom is -0.433 e. The van der Waals surface area contributed by atoms with Crippen LogP contribution in [0.3, 0.4) is 0 Å². The first-order chi connectivity index (χ1) is 10.0. The summed E-state index contributed by atoms with van der Waals surface area (Å²) in [5, 5.41) is 0. The molecule has 0 aliphatic heterocycles. The van der Waals surface area contributed by atoms with Gasteiger partial charge in [0.1, 0.15) is 11.6 Å². The molecule has 1 amide bonds. The summed E-state index contributed by atoms with van der Waals surface area (Å²) in [6.07, 6.45) is 0.564. The Morgan fingerprint density at radius 3 is 2.67 bits per heavy atom. The predicted molar refractivity (Wildman–Crippen MR) is 77.4 cm³/mol. The Kier molecular flexibility index (Phi) is 7.39. The second-order valence-corrected chi connectivity index (χ2v) is 4.44. The molecule has 0 radical (unpaired) electrons. The number of alkyl halides is 3. The van der Waals surface area contributed by atoms with Crippen molar-refractivity contribution in [2.24, 2.45) is 0 Å². The van der Waals surface area contributed by atoms with E-state index in [4.69, 9.17) is 16.3 Å². The topological polar surface area (TPSA) is 38.8 Å². The monoisotopic (exact) mass is 321 g/mol. The van der Waals surface area contributed by atoms with E-state index >= 15 is 0 Å². The van der Waals surface area contributed by atoms with Crippen LogP contribution in [0, 0.1) is 0 Å². The molecule has 7 heteroatoms.